The number of aromatic amines is 1. The number of nitrogens with one attached hydrogen (secondary N) is 1. The van der Waals surface area contributed by atoms with Crippen molar-refractivity contribution in [3.05, 3.63) is 5.82 Å². The first kappa shape index (κ1) is 12.3. The Morgan fingerprint density at radius 1 is 1.40 bits per heavy atom. The molecule has 1 aromatic heterocycles. The summed E-state index contributed by atoms with van der Waals surface area (Å²) in [4.78, 5) is 0. The van der Waals surface area contributed by atoms with E-state index < -0.39 is 0 Å². The van der Waals surface area contributed by atoms with Gasteiger partial charge in [-0.05, 0) is 6.54 Å². The largest absolute Gasteiger partial charge is 0.330 e. The quantitative estimate of drug-likeness (QED) is 0.655. The van der Waals surface area contributed by atoms with Gasteiger partial charge in [0.1, 0.15) is 0 Å². The average Bonchev–Trinajstić information content (AvgIpc) is 2.19. The molecule has 0 radical (unpaired) electrons. The van der Waals surface area contributed by atoms with Crippen LogP contribution in [0.5, 0.6) is 0 Å². The van der Waals surface area contributed by atoms with Gasteiger partial charge in [0.2, 0.25) is 0 Å². The van der Waals surface area contributed by atoms with Gasteiger partial charge in [-0.25, -0.2) is 0 Å². The zero-order valence-corrected chi connectivity index (χ0v) is 6.78. The molecule has 7 heteroatoms. The lowest BCUT2D eigenvalue weighted by Crippen LogP contribution is -2.03. The minimum atomic E-state index is 0. The zero-order valence-electron chi connectivity index (χ0n) is 5.15. The van der Waals surface area contributed by atoms with E-state index in [2.05, 4.69) is 20.6 Å². The van der Waals surface area contributed by atoms with E-state index in [1.807, 2.05) is 0 Å². The summed E-state index contributed by atoms with van der Waals surface area (Å²) in [5, 5.41) is 13.0. The summed E-state index contributed by atoms with van der Waals surface area (Å²) in [6, 6.07) is 0. The molecule has 0 aliphatic rings. The molecule has 0 aromatic carbocycles. The standard InChI is InChI=1S/C3H7N5.2ClH/c4-2-1-3-5-7-8-6-3;;/h1-2,4H2,(H,5,6,7,8);2*1H. The van der Waals surface area contributed by atoms with Gasteiger partial charge in [0.15, 0.2) is 5.82 Å². The summed E-state index contributed by atoms with van der Waals surface area (Å²) in [5.41, 5.74) is 5.20. The normalized spacial score (nSPS) is 7.70. The van der Waals surface area contributed by atoms with Crippen LogP contribution in [-0.2, 0) is 6.42 Å². The molecule has 1 rings (SSSR count). The molecule has 0 unspecified atom stereocenters. The van der Waals surface area contributed by atoms with Gasteiger partial charge < -0.3 is 5.73 Å². The van der Waals surface area contributed by atoms with Crippen LogP contribution in [-0.4, -0.2) is 27.2 Å². The van der Waals surface area contributed by atoms with Crippen LogP contribution in [0.25, 0.3) is 0 Å². The van der Waals surface area contributed by atoms with E-state index in [-0.39, 0.29) is 24.8 Å². The minimum absolute atomic E-state index is 0. The van der Waals surface area contributed by atoms with Crippen molar-refractivity contribution in [2.24, 2.45) is 5.73 Å². The second-order valence-corrected chi connectivity index (χ2v) is 1.37. The van der Waals surface area contributed by atoms with Gasteiger partial charge in [0.05, 0.1) is 0 Å². The second-order valence-electron chi connectivity index (χ2n) is 1.37. The fourth-order valence-electron chi connectivity index (χ4n) is 0.418. The first-order chi connectivity index (χ1) is 3.93. The van der Waals surface area contributed by atoms with Gasteiger partial charge in [0, 0.05) is 6.42 Å². The Bertz CT molecular complexity index is 141. The fraction of sp³-hybridized carbons (Fsp3) is 0.667. The third-order valence-corrected chi connectivity index (χ3v) is 0.757. The molecule has 0 bridgehead atoms. The van der Waals surface area contributed by atoms with Gasteiger partial charge in [-0.3, -0.25) is 0 Å². The zero-order chi connectivity index (χ0) is 5.82. The van der Waals surface area contributed by atoms with Crippen LogP contribution in [0.3, 0.4) is 0 Å². The van der Waals surface area contributed by atoms with E-state index in [9.17, 15) is 0 Å². The van der Waals surface area contributed by atoms with Crippen molar-refractivity contribution in [1.82, 2.24) is 20.6 Å². The van der Waals surface area contributed by atoms with E-state index in [1.165, 1.54) is 0 Å². The Morgan fingerprint density at radius 2 is 2.10 bits per heavy atom. The number of rotatable bonds is 2. The molecule has 1 heterocycles. The van der Waals surface area contributed by atoms with Gasteiger partial charge in [0.25, 0.3) is 0 Å². The van der Waals surface area contributed by atoms with E-state index >= 15 is 0 Å². The molecule has 3 N–H and O–H groups in total. The van der Waals surface area contributed by atoms with E-state index in [4.69, 9.17) is 5.73 Å². The van der Waals surface area contributed by atoms with Crippen molar-refractivity contribution in [3.63, 3.8) is 0 Å². The third kappa shape index (κ3) is 3.60. The summed E-state index contributed by atoms with van der Waals surface area (Å²) in [5.74, 6) is 0.674. The first-order valence-electron chi connectivity index (χ1n) is 2.36. The Morgan fingerprint density at radius 3 is 2.50 bits per heavy atom. The van der Waals surface area contributed by atoms with E-state index in [0.29, 0.717) is 18.8 Å². The molecular weight excluding hydrogens is 177 g/mol. The maximum absolute atomic E-state index is 5.20. The van der Waals surface area contributed by atoms with Gasteiger partial charge in [-0.15, -0.1) is 35.0 Å². The lowest BCUT2D eigenvalue weighted by atomic mass is 10.4. The maximum atomic E-state index is 5.20. The predicted molar refractivity (Wildman–Crippen MR) is 41.4 cm³/mol. The molecule has 60 valence electrons. The Hall–Kier alpha value is -0.390. The SMILES string of the molecule is Cl.Cl.NCCc1nn[nH]n1. The van der Waals surface area contributed by atoms with Crippen molar-refractivity contribution in [2.75, 3.05) is 6.54 Å². The highest BCUT2D eigenvalue weighted by molar-refractivity contribution is 5.85. The van der Waals surface area contributed by atoms with Crippen LogP contribution in [0.1, 0.15) is 5.82 Å². The molecule has 10 heavy (non-hydrogen) atoms. The van der Waals surface area contributed by atoms with Crippen LogP contribution in [0, 0.1) is 0 Å². The predicted octanol–water partition coefficient (Wildman–Crippen LogP) is -0.456. The summed E-state index contributed by atoms with van der Waals surface area (Å²) in [6.45, 7) is 0.569. The molecule has 0 atom stereocenters. The van der Waals surface area contributed by atoms with Crippen LogP contribution in [0.2, 0.25) is 0 Å². The molecule has 0 fully saturated rings. The minimum Gasteiger partial charge on any atom is -0.330 e. The number of hydrogen-bond donors (Lipinski definition) is 2. The van der Waals surface area contributed by atoms with Crippen molar-refractivity contribution in [2.45, 2.75) is 6.42 Å². The van der Waals surface area contributed by atoms with Crippen LogP contribution in [0.15, 0.2) is 0 Å². The highest BCUT2D eigenvalue weighted by Gasteiger charge is 1.91. The van der Waals surface area contributed by atoms with E-state index in [0.717, 1.165) is 0 Å². The van der Waals surface area contributed by atoms with Crippen molar-refractivity contribution >= 4 is 24.8 Å². The molecule has 1 aromatic rings. The van der Waals surface area contributed by atoms with E-state index in [1.54, 1.807) is 0 Å². The van der Waals surface area contributed by atoms with Crippen molar-refractivity contribution in [3.8, 4) is 0 Å². The molecule has 0 saturated heterocycles. The van der Waals surface area contributed by atoms with Gasteiger partial charge >= 0.3 is 0 Å². The maximum Gasteiger partial charge on any atom is 0.175 e. The first-order valence-corrected chi connectivity index (χ1v) is 2.36. The number of nitrogens with two attached hydrogens (primary N) is 1. The lowest BCUT2D eigenvalue weighted by Gasteiger charge is -1.81. The van der Waals surface area contributed by atoms with Crippen LogP contribution < -0.4 is 5.73 Å². The topological polar surface area (TPSA) is 80.5 Å². The number of hydrogen-bond acceptors (Lipinski definition) is 4. The molecular formula is C3H9Cl2N5. The second kappa shape index (κ2) is 6.73. The number of tetrazole rings is 1. The van der Waals surface area contributed by atoms with Crippen LogP contribution >= 0.6 is 24.8 Å². The van der Waals surface area contributed by atoms with Gasteiger partial charge in [-0.1, -0.05) is 5.21 Å². The Labute approximate surface area is 70.6 Å². The number of halogens is 2. The molecule has 0 aliphatic carbocycles. The van der Waals surface area contributed by atoms with Crippen LogP contribution in [0.4, 0.5) is 0 Å². The third-order valence-electron chi connectivity index (χ3n) is 0.757. The number of aromatic nitrogens is 4. The lowest BCUT2D eigenvalue weighted by molar-refractivity contribution is 0.874. The molecule has 0 spiro atoms. The summed E-state index contributed by atoms with van der Waals surface area (Å²) < 4.78 is 0. The number of H-pyrrole nitrogens is 1. The highest BCUT2D eigenvalue weighted by Crippen LogP contribution is 1.79. The van der Waals surface area contributed by atoms with Crippen molar-refractivity contribution in [1.29, 1.82) is 0 Å². The van der Waals surface area contributed by atoms with Gasteiger partial charge in [-0.2, -0.15) is 5.21 Å². The molecule has 0 saturated carbocycles. The fourth-order valence-corrected chi connectivity index (χ4v) is 0.418. The Balaban J connectivity index is 0. The van der Waals surface area contributed by atoms with Crippen molar-refractivity contribution < 1.29 is 0 Å². The highest BCUT2D eigenvalue weighted by atomic mass is 35.5. The number of nitrogens with zero attached hydrogens (tertiary/aromatic N) is 3. The molecule has 5 nitrogen and oxygen atoms in total. The summed E-state index contributed by atoms with van der Waals surface area (Å²) >= 11 is 0. The smallest absolute Gasteiger partial charge is 0.175 e. The molecule has 0 amide bonds. The summed E-state index contributed by atoms with van der Waals surface area (Å²) in [7, 11) is 0. The summed E-state index contributed by atoms with van der Waals surface area (Å²) in [6.07, 6.45) is 0.691. The Kier molecular flexibility index (Phi) is 8.27. The average molecular weight is 186 g/mol. The monoisotopic (exact) mass is 185 g/mol. The molecule has 0 aliphatic heterocycles.